The van der Waals surface area contributed by atoms with Crippen LogP contribution in [0.25, 0.3) is 0 Å². The first-order chi connectivity index (χ1) is 15.6. The van der Waals surface area contributed by atoms with Crippen LogP contribution in [0.15, 0.2) is 41.5 Å². The first kappa shape index (κ1) is 22.3. The van der Waals surface area contributed by atoms with Crippen LogP contribution in [0.2, 0.25) is 0 Å². The van der Waals surface area contributed by atoms with Crippen molar-refractivity contribution >= 4 is 0 Å². The largest absolute Gasteiger partial charge is 0.508 e. The molecule has 0 bridgehead atoms. The van der Waals surface area contributed by atoms with Gasteiger partial charge in [0.2, 0.25) is 0 Å². The van der Waals surface area contributed by atoms with Gasteiger partial charge in [-0.2, -0.15) is 0 Å². The van der Waals surface area contributed by atoms with E-state index in [0.29, 0.717) is 23.0 Å². The minimum Gasteiger partial charge on any atom is -0.508 e. The molecule has 2 saturated carbocycles. The fourth-order valence-corrected chi connectivity index (χ4v) is 7.93. The molecule has 4 aliphatic rings. The molecular weight excluding hydrogens is 392 g/mol. The molecule has 0 aromatic heterocycles. The lowest BCUT2D eigenvalue weighted by Gasteiger charge is -2.52. The lowest BCUT2D eigenvalue weighted by atomic mass is 9.52. The smallest absolute Gasteiger partial charge is 0.115 e. The van der Waals surface area contributed by atoms with Gasteiger partial charge < -0.3 is 9.84 Å². The average molecular weight is 435 g/mol. The summed E-state index contributed by atoms with van der Waals surface area (Å²) in [5.41, 5.74) is 6.63. The number of rotatable bonds is 6. The maximum Gasteiger partial charge on any atom is 0.115 e. The summed E-state index contributed by atoms with van der Waals surface area (Å²) in [7, 11) is 0. The zero-order valence-corrected chi connectivity index (χ0v) is 20.2. The Hall–Kier alpha value is -1.54. The number of hydrogen-bond donors (Lipinski definition) is 1. The first-order valence-corrected chi connectivity index (χ1v) is 13.3. The van der Waals surface area contributed by atoms with Gasteiger partial charge in [0.05, 0.1) is 6.61 Å². The summed E-state index contributed by atoms with van der Waals surface area (Å²) in [5, 5.41) is 9.98. The van der Waals surface area contributed by atoms with Gasteiger partial charge in [0.25, 0.3) is 0 Å². The average Bonchev–Trinajstić information content (AvgIpc) is 3.12. The van der Waals surface area contributed by atoms with Crippen molar-refractivity contribution in [2.45, 2.75) is 90.4 Å². The molecule has 0 spiro atoms. The lowest BCUT2D eigenvalue weighted by molar-refractivity contribution is 0.0484. The van der Waals surface area contributed by atoms with Crippen molar-refractivity contribution in [2.75, 3.05) is 13.2 Å². The maximum atomic E-state index is 9.98. The number of allylic oxidation sites excluding steroid dienone is 3. The van der Waals surface area contributed by atoms with Gasteiger partial charge in [-0.1, -0.05) is 43.2 Å². The van der Waals surface area contributed by atoms with Crippen molar-refractivity contribution in [3.05, 3.63) is 52.6 Å². The highest BCUT2D eigenvalue weighted by molar-refractivity contribution is 5.41. The van der Waals surface area contributed by atoms with E-state index >= 15 is 0 Å². The summed E-state index contributed by atoms with van der Waals surface area (Å²) < 4.78 is 6.07. The molecule has 32 heavy (non-hydrogen) atoms. The molecule has 5 unspecified atom stereocenters. The first-order valence-electron chi connectivity index (χ1n) is 13.3. The standard InChI is InChI=1S/C30H42O2/c1-21-19-23-20-25(31)11-12-26(23)27-14-16-30(2)24(10-13-28(30)29(21)27)15-18-32-17-6-9-22-7-4-3-5-8-22/h7,11-12,15,20-21,27-29,31H,3-6,8-10,13-14,16-19H2,1-2H3. The van der Waals surface area contributed by atoms with Crippen LogP contribution in [0.3, 0.4) is 0 Å². The van der Waals surface area contributed by atoms with E-state index in [0.717, 1.165) is 31.5 Å². The number of phenolic OH excluding ortho intramolecular Hbond substituents is 1. The number of benzene rings is 1. The van der Waals surface area contributed by atoms with Crippen LogP contribution >= 0.6 is 0 Å². The van der Waals surface area contributed by atoms with Crippen LogP contribution in [0.4, 0.5) is 0 Å². The highest BCUT2D eigenvalue weighted by atomic mass is 16.5. The zero-order valence-electron chi connectivity index (χ0n) is 20.2. The molecule has 0 heterocycles. The summed E-state index contributed by atoms with van der Waals surface area (Å²) in [5.74, 6) is 3.38. The normalized spacial score (nSPS) is 35.2. The van der Waals surface area contributed by atoms with Crippen molar-refractivity contribution in [3.63, 3.8) is 0 Å². The van der Waals surface area contributed by atoms with E-state index in [4.69, 9.17) is 4.74 Å². The van der Waals surface area contributed by atoms with Crippen molar-refractivity contribution in [3.8, 4) is 5.75 Å². The minimum atomic E-state index is 0.361. The van der Waals surface area contributed by atoms with Crippen LogP contribution < -0.4 is 0 Å². The predicted molar refractivity (Wildman–Crippen MR) is 132 cm³/mol. The van der Waals surface area contributed by atoms with Crippen molar-refractivity contribution in [1.29, 1.82) is 0 Å². The van der Waals surface area contributed by atoms with Crippen LogP contribution in [-0.4, -0.2) is 18.3 Å². The Kier molecular flexibility index (Phi) is 6.52. The molecule has 174 valence electrons. The molecule has 4 aliphatic carbocycles. The van der Waals surface area contributed by atoms with Gasteiger partial charge in [0.1, 0.15) is 5.75 Å². The van der Waals surface area contributed by atoms with Crippen molar-refractivity contribution in [2.24, 2.45) is 23.2 Å². The molecule has 2 heteroatoms. The van der Waals surface area contributed by atoms with Gasteiger partial charge in [-0.25, -0.2) is 0 Å². The summed E-state index contributed by atoms with van der Waals surface area (Å²) in [4.78, 5) is 0. The van der Waals surface area contributed by atoms with Crippen LogP contribution in [-0.2, 0) is 11.2 Å². The Bertz CT molecular complexity index is 881. The highest BCUT2D eigenvalue weighted by Gasteiger charge is 2.54. The molecule has 0 saturated heterocycles. The van der Waals surface area contributed by atoms with Gasteiger partial charge in [-0.15, -0.1) is 0 Å². The molecule has 2 nitrogen and oxygen atoms in total. The molecular formula is C30H42O2. The molecule has 1 aromatic rings. The maximum absolute atomic E-state index is 9.98. The van der Waals surface area contributed by atoms with E-state index in [2.05, 4.69) is 32.1 Å². The fraction of sp³-hybridized carbons (Fsp3) is 0.667. The second-order valence-electron chi connectivity index (χ2n) is 11.4. The predicted octanol–water partition coefficient (Wildman–Crippen LogP) is 7.72. The number of ether oxygens (including phenoxy) is 1. The summed E-state index contributed by atoms with van der Waals surface area (Å²) in [6.07, 6.45) is 19.0. The molecule has 0 radical (unpaired) electrons. The quantitative estimate of drug-likeness (QED) is 0.367. The molecule has 5 rings (SSSR count). The minimum absolute atomic E-state index is 0.361. The Morgan fingerprint density at radius 1 is 1.19 bits per heavy atom. The topological polar surface area (TPSA) is 29.5 Å². The second kappa shape index (κ2) is 9.37. The van der Waals surface area contributed by atoms with Crippen molar-refractivity contribution in [1.82, 2.24) is 0 Å². The number of hydrogen-bond acceptors (Lipinski definition) is 2. The van der Waals surface area contributed by atoms with Gasteiger partial charge >= 0.3 is 0 Å². The third-order valence-corrected chi connectivity index (χ3v) is 9.52. The van der Waals surface area contributed by atoms with E-state index in [1.165, 1.54) is 75.3 Å². The molecule has 5 atom stereocenters. The Balaban J connectivity index is 1.20. The van der Waals surface area contributed by atoms with Crippen LogP contribution in [0.5, 0.6) is 5.75 Å². The third kappa shape index (κ3) is 4.20. The van der Waals surface area contributed by atoms with E-state index < -0.39 is 0 Å². The van der Waals surface area contributed by atoms with Crippen LogP contribution in [0, 0.1) is 23.2 Å². The summed E-state index contributed by atoms with van der Waals surface area (Å²) in [6, 6.07) is 6.15. The highest BCUT2D eigenvalue weighted by Crippen LogP contribution is 2.63. The SMILES string of the molecule is CC1Cc2cc(O)ccc2C2CCC3(C)C(=CCOCCCC4=CCCCC4)CCC3C12. The molecule has 0 aliphatic heterocycles. The van der Waals surface area contributed by atoms with Gasteiger partial charge in [0, 0.05) is 6.61 Å². The summed E-state index contributed by atoms with van der Waals surface area (Å²) >= 11 is 0. The molecule has 1 aromatic carbocycles. The van der Waals surface area contributed by atoms with E-state index in [1.807, 2.05) is 12.1 Å². The number of phenols is 1. The third-order valence-electron chi connectivity index (χ3n) is 9.52. The molecule has 0 amide bonds. The Morgan fingerprint density at radius 3 is 2.94 bits per heavy atom. The van der Waals surface area contributed by atoms with Crippen LogP contribution in [0.1, 0.15) is 95.1 Å². The van der Waals surface area contributed by atoms with E-state index in [1.54, 1.807) is 11.1 Å². The van der Waals surface area contributed by atoms with Gasteiger partial charge in [-0.05, 0) is 123 Å². The molecule has 2 fully saturated rings. The molecule has 1 N–H and O–H groups in total. The fourth-order valence-electron chi connectivity index (χ4n) is 7.93. The zero-order chi connectivity index (χ0) is 22.1. The lowest BCUT2D eigenvalue weighted by Crippen LogP contribution is -2.43. The van der Waals surface area contributed by atoms with Gasteiger partial charge in [-0.3, -0.25) is 0 Å². The van der Waals surface area contributed by atoms with E-state index in [-0.39, 0.29) is 0 Å². The number of aromatic hydroxyl groups is 1. The van der Waals surface area contributed by atoms with Crippen molar-refractivity contribution < 1.29 is 9.84 Å². The van der Waals surface area contributed by atoms with E-state index in [9.17, 15) is 5.11 Å². The monoisotopic (exact) mass is 434 g/mol. The number of fused-ring (bicyclic) bond motifs is 5. The Morgan fingerprint density at radius 2 is 2.09 bits per heavy atom. The second-order valence-corrected chi connectivity index (χ2v) is 11.4. The Labute approximate surface area is 195 Å². The van der Waals surface area contributed by atoms with Gasteiger partial charge in [0.15, 0.2) is 0 Å². The summed E-state index contributed by atoms with van der Waals surface area (Å²) in [6.45, 7) is 6.71.